The highest BCUT2D eigenvalue weighted by Gasteiger charge is 2.34. The molecular formula is C29H22ClF3N6O2. The molecule has 0 fully saturated rings. The van der Waals surface area contributed by atoms with Gasteiger partial charge in [0.15, 0.2) is 0 Å². The van der Waals surface area contributed by atoms with Crippen molar-refractivity contribution in [1.82, 2.24) is 24.1 Å². The predicted molar refractivity (Wildman–Crippen MR) is 147 cm³/mol. The van der Waals surface area contributed by atoms with Crippen molar-refractivity contribution in [1.29, 1.82) is 5.26 Å². The van der Waals surface area contributed by atoms with Gasteiger partial charge < -0.3 is 13.9 Å². The van der Waals surface area contributed by atoms with Crippen molar-refractivity contribution >= 4 is 22.5 Å². The quantitative estimate of drug-likeness (QED) is 0.246. The van der Waals surface area contributed by atoms with Gasteiger partial charge in [-0.3, -0.25) is 9.78 Å². The fraction of sp³-hybridized carbons (Fsp3) is 0.207. The lowest BCUT2D eigenvalue weighted by molar-refractivity contribution is -0.138. The summed E-state index contributed by atoms with van der Waals surface area (Å²) in [6.07, 6.45) is -2.01. The second kappa shape index (κ2) is 10.7. The number of halogens is 4. The monoisotopic (exact) mass is 578 g/mol. The zero-order chi connectivity index (χ0) is 29.5. The van der Waals surface area contributed by atoms with Gasteiger partial charge in [-0.2, -0.15) is 18.4 Å². The largest absolute Gasteiger partial charge is 0.486 e. The summed E-state index contributed by atoms with van der Waals surface area (Å²) in [6.45, 7) is 3.21. The number of alkyl halides is 3. The Morgan fingerprint density at radius 3 is 2.56 bits per heavy atom. The fourth-order valence-electron chi connectivity index (χ4n) is 4.61. The summed E-state index contributed by atoms with van der Waals surface area (Å²) in [5.74, 6) is 1.02. The molecule has 0 N–H and O–H groups in total. The minimum Gasteiger partial charge on any atom is -0.486 e. The van der Waals surface area contributed by atoms with Crippen LogP contribution in [0.15, 0.2) is 59.7 Å². The Morgan fingerprint density at radius 2 is 1.85 bits per heavy atom. The first kappa shape index (κ1) is 27.9. The molecule has 0 aliphatic carbocycles. The van der Waals surface area contributed by atoms with E-state index in [4.69, 9.17) is 16.3 Å². The predicted octanol–water partition coefficient (Wildman–Crippen LogP) is 5.98. The maximum Gasteiger partial charge on any atom is 0.421 e. The number of nitriles is 1. The molecule has 0 aliphatic rings. The maximum absolute atomic E-state index is 13.3. The van der Waals surface area contributed by atoms with E-state index >= 15 is 0 Å². The number of ether oxygens (including phenoxy) is 1. The Labute approximate surface area is 237 Å². The van der Waals surface area contributed by atoms with E-state index in [9.17, 15) is 23.2 Å². The van der Waals surface area contributed by atoms with Crippen molar-refractivity contribution in [3.63, 3.8) is 0 Å². The third-order valence-corrected chi connectivity index (χ3v) is 6.91. The molecule has 4 aromatic heterocycles. The molecule has 41 heavy (non-hydrogen) atoms. The van der Waals surface area contributed by atoms with Crippen molar-refractivity contribution in [2.45, 2.75) is 33.2 Å². The minimum atomic E-state index is -4.78. The topological polar surface area (TPSA) is 98.6 Å². The van der Waals surface area contributed by atoms with Gasteiger partial charge in [0.2, 0.25) is 0 Å². The highest BCUT2D eigenvalue weighted by Crippen LogP contribution is 2.34. The zero-order valence-electron chi connectivity index (χ0n) is 22.1. The molecule has 0 bridgehead atoms. The number of aromatic nitrogens is 5. The molecule has 0 saturated carbocycles. The van der Waals surface area contributed by atoms with Crippen LogP contribution in [0, 0.1) is 25.2 Å². The molecule has 0 atom stereocenters. The van der Waals surface area contributed by atoms with Gasteiger partial charge in [0.05, 0.1) is 23.5 Å². The molecule has 4 heterocycles. The number of hydrogen-bond acceptors (Lipinski definition) is 6. The number of hydrogen-bond donors (Lipinski definition) is 0. The fourth-order valence-corrected chi connectivity index (χ4v) is 4.93. The molecule has 1 aromatic carbocycles. The number of pyridine rings is 3. The van der Waals surface area contributed by atoms with Crippen LogP contribution in [0.4, 0.5) is 13.2 Å². The number of imidazole rings is 1. The summed E-state index contributed by atoms with van der Waals surface area (Å²) < 4.78 is 48.8. The Kier molecular flexibility index (Phi) is 7.28. The van der Waals surface area contributed by atoms with Crippen molar-refractivity contribution in [2.24, 2.45) is 7.05 Å². The van der Waals surface area contributed by atoms with Crippen LogP contribution in [-0.4, -0.2) is 24.1 Å². The summed E-state index contributed by atoms with van der Waals surface area (Å²) in [4.78, 5) is 26.1. The second-order valence-corrected chi connectivity index (χ2v) is 9.82. The van der Waals surface area contributed by atoms with Gasteiger partial charge in [-0.1, -0.05) is 23.7 Å². The van der Waals surface area contributed by atoms with Crippen LogP contribution in [0.25, 0.3) is 22.3 Å². The minimum absolute atomic E-state index is 0.0831. The molecule has 0 unspecified atom stereocenters. The van der Waals surface area contributed by atoms with Gasteiger partial charge in [-0.25, -0.2) is 9.97 Å². The number of nitrogens with zero attached hydrogens (tertiary/aromatic N) is 6. The van der Waals surface area contributed by atoms with E-state index < -0.39 is 17.3 Å². The standard InChI is InChI=1S/C29H22ClF3N6O2/c1-16-10-20(27-35-13-18(12-34)38(27)3)19-6-4-8-25(26(19)37-16)41-15-21-23(30)11-17(2)36-24(21)14-39-9-5-7-22(28(39)40)29(31,32)33/h4-11,13H,14-15H2,1-3H3. The number of benzene rings is 1. The van der Waals surface area contributed by atoms with Crippen molar-refractivity contribution in [3.05, 3.63) is 104 Å². The Hall–Kier alpha value is -4.69. The van der Waals surface area contributed by atoms with E-state index in [-0.39, 0.29) is 13.2 Å². The molecule has 0 radical (unpaired) electrons. The van der Waals surface area contributed by atoms with Crippen LogP contribution >= 0.6 is 11.6 Å². The van der Waals surface area contributed by atoms with E-state index in [1.54, 1.807) is 36.7 Å². The molecule has 0 saturated heterocycles. The van der Waals surface area contributed by atoms with Crippen LogP contribution in [0.3, 0.4) is 0 Å². The number of fused-ring (bicyclic) bond motifs is 1. The normalized spacial score (nSPS) is 11.6. The highest BCUT2D eigenvalue weighted by atomic mass is 35.5. The van der Waals surface area contributed by atoms with Crippen LogP contribution in [0.5, 0.6) is 5.75 Å². The first-order valence-electron chi connectivity index (χ1n) is 12.3. The van der Waals surface area contributed by atoms with E-state index in [2.05, 4.69) is 21.0 Å². The average molecular weight is 579 g/mol. The molecule has 12 heteroatoms. The van der Waals surface area contributed by atoms with Crippen LogP contribution in [0.1, 0.15) is 33.9 Å². The third-order valence-electron chi connectivity index (χ3n) is 6.58. The molecular weight excluding hydrogens is 557 g/mol. The highest BCUT2D eigenvalue weighted by molar-refractivity contribution is 6.31. The van der Waals surface area contributed by atoms with E-state index in [1.807, 2.05) is 19.1 Å². The Morgan fingerprint density at radius 1 is 1.10 bits per heavy atom. The molecule has 0 amide bonds. The Balaban J connectivity index is 1.53. The van der Waals surface area contributed by atoms with Gasteiger partial charge in [0.25, 0.3) is 5.56 Å². The van der Waals surface area contributed by atoms with E-state index in [1.165, 1.54) is 18.5 Å². The third kappa shape index (κ3) is 5.38. The Bertz CT molecular complexity index is 1910. The van der Waals surface area contributed by atoms with E-state index in [0.717, 1.165) is 21.6 Å². The van der Waals surface area contributed by atoms with Crippen LogP contribution in [0.2, 0.25) is 5.02 Å². The van der Waals surface area contributed by atoms with Gasteiger partial charge in [-0.05, 0) is 44.2 Å². The summed E-state index contributed by atoms with van der Waals surface area (Å²) in [7, 11) is 1.76. The van der Waals surface area contributed by atoms with Gasteiger partial charge >= 0.3 is 6.18 Å². The summed E-state index contributed by atoms with van der Waals surface area (Å²) >= 11 is 6.55. The summed E-state index contributed by atoms with van der Waals surface area (Å²) in [6, 6.07) is 12.9. The first-order chi connectivity index (χ1) is 19.5. The molecule has 208 valence electrons. The van der Waals surface area contributed by atoms with Gasteiger partial charge in [0.1, 0.15) is 41.0 Å². The molecule has 8 nitrogen and oxygen atoms in total. The average Bonchev–Trinajstić information content (AvgIpc) is 3.28. The molecule has 5 aromatic rings. The smallest absolute Gasteiger partial charge is 0.421 e. The van der Waals surface area contributed by atoms with Crippen molar-refractivity contribution in [2.75, 3.05) is 0 Å². The molecule has 0 aliphatic heterocycles. The first-order valence-corrected chi connectivity index (χ1v) is 12.7. The van der Waals surface area contributed by atoms with Crippen molar-refractivity contribution in [3.8, 4) is 23.2 Å². The molecule has 5 rings (SSSR count). The van der Waals surface area contributed by atoms with Crippen molar-refractivity contribution < 1.29 is 17.9 Å². The van der Waals surface area contributed by atoms with Crippen LogP contribution in [-0.2, 0) is 26.4 Å². The summed E-state index contributed by atoms with van der Waals surface area (Å²) in [5.41, 5.74) is 1.24. The lowest BCUT2D eigenvalue weighted by atomic mass is 10.1. The molecule has 0 spiro atoms. The SMILES string of the molecule is Cc1cc(Cl)c(COc2cccc3c(-c4ncc(C#N)n4C)cc(C)nc23)c(Cn2cccc(C(F)(F)F)c2=O)n1. The zero-order valence-corrected chi connectivity index (χ0v) is 22.9. The van der Waals surface area contributed by atoms with E-state index in [0.29, 0.717) is 50.5 Å². The van der Waals surface area contributed by atoms with Gasteiger partial charge in [-0.15, -0.1) is 0 Å². The summed E-state index contributed by atoms with van der Waals surface area (Å²) in [5, 5.41) is 10.4. The number of aryl methyl sites for hydroxylation is 2. The van der Waals surface area contributed by atoms with Crippen LogP contribution < -0.4 is 10.3 Å². The lowest BCUT2D eigenvalue weighted by Crippen LogP contribution is -2.29. The van der Waals surface area contributed by atoms with Gasteiger partial charge in [0, 0.05) is 41.1 Å². The maximum atomic E-state index is 13.3. The number of rotatable bonds is 6. The lowest BCUT2D eigenvalue weighted by Gasteiger charge is -2.16. The number of para-hydroxylation sites is 1. The second-order valence-electron chi connectivity index (χ2n) is 9.41.